The Bertz CT molecular complexity index is 1430. The van der Waals surface area contributed by atoms with Crippen LogP contribution in [0.4, 0.5) is 5.95 Å². The molecular weight excluding hydrogens is 446 g/mol. The number of carbonyl (C=O) groups is 1. The summed E-state index contributed by atoms with van der Waals surface area (Å²) in [5, 5.41) is 7.97. The van der Waals surface area contributed by atoms with Gasteiger partial charge in [0.15, 0.2) is 0 Å². The minimum Gasteiger partial charge on any atom is -0.337 e. The van der Waals surface area contributed by atoms with Crippen molar-refractivity contribution in [2.75, 3.05) is 31.1 Å². The molecule has 0 aliphatic carbocycles. The maximum absolute atomic E-state index is 13.6. The van der Waals surface area contributed by atoms with Crippen LogP contribution in [0, 0.1) is 0 Å². The number of fused-ring (bicyclic) bond motifs is 1. The normalized spacial score (nSPS) is 14.1. The lowest BCUT2D eigenvalue weighted by Crippen LogP contribution is -2.49. The molecule has 170 valence electrons. The van der Waals surface area contributed by atoms with Crippen molar-refractivity contribution in [2.24, 2.45) is 7.05 Å². The SMILES string of the molecule is Cn1c(C(=O)N2CCN(c3ncccn3)CC2)cc2c(-c3cccs3)nn(-c3ccccc3)c21. The molecule has 1 fully saturated rings. The number of piperazine rings is 1. The third-order valence-electron chi connectivity index (χ3n) is 6.23. The molecule has 5 aromatic rings. The van der Waals surface area contributed by atoms with Crippen molar-refractivity contribution in [3.8, 4) is 16.3 Å². The third-order valence-corrected chi connectivity index (χ3v) is 7.11. The van der Waals surface area contributed by atoms with Crippen molar-refractivity contribution in [2.45, 2.75) is 0 Å². The van der Waals surface area contributed by atoms with Crippen molar-refractivity contribution >= 4 is 34.2 Å². The predicted octanol–water partition coefficient (Wildman–Crippen LogP) is 3.84. The van der Waals surface area contributed by atoms with Crippen molar-refractivity contribution < 1.29 is 4.79 Å². The first-order valence-corrected chi connectivity index (χ1v) is 12.1. The average Bonchev–Trinajstić information content (AvgIpc) is 3.62. The molecule has 5 heterocycles. The molecule has 1 aliphatic heterocycles. The first-order chi connectivity index (χ1) is 16.7. The molecule has 1 aliphatic rings. The van der Waals surface area contributed by atoms with Gasteiger partial charge in [-0.05, 0) is 35.7 Å². The largest absolute Gasteiger partial charge is 0.337 e. The van der Waals surface area contributed by atoms with Gasteiger partial charge in [-0.15, -0.1) is 11.3 Å². The van der Waals surface area contributed by atoms with E-state index >= 15 is 0 Å². The molecule has 6 rings (SSSR count). The molecule has 1 amide bonds. The van der Waals surface area contributed by atoms with E-state index in [9.17, 15) is 4.79 Å². The summed E-state index contributed by atoms with van der Waals surface area (Å²) in [7, 11) is 1.95. The number of hydrogen-bond donors (Lipinski definition) is 0. The monoisotopic (exact) mass is 469 g/mol. The summed E-state index contributed by atoms with van der Waals surface area (Å²) < 4.78 is 3.91. The minimum absolute atomic E-state index is 0.0315. The maximum Gasteiger partial charge on any atom is 0.270 e. The Hall–Kier alpha value is -3.98. The predicted molar refractivity (Wildman–Crippen MR) is 134 cm³/mol. The van der Waals surface area contributed by atoms with E-state index in [1.165, 1.54) is 0 Å². The first-order valence-electron chi connectivity index (χ1n) is 11.2. The fourth-order valence-electron chi connectivity index (χ4n) is 4.50. The summed E-state index contributed by atoms with van der Waals surface area (Å²) in [6.07, 6.45) is 3.49. The van der Waals surface area contributed by atoms with Crippen molar-refractivity contribution in [3.05, 3.63) is 78.1 Å². The van der Waals surface area contributed by atoms with Gasteiger partial charge in [0.1, 0.15) is 17.0 Å². The van der Waals surface area contributed by atoms with Gasteiger partial charge in [0.25, 0.3) is 5.91 Å². The summed E-state index contributed by atoms with van der Waals surface area (Å²) in [6.45, 7) is 2.66. The Morgan fingerprint density at radius 3 is 2.41 bits per heavy atom. The van der Waals surface area contributed by atoms with Crippen LogP contribution in [-0.4, -0.2) is 61.3 Å². The molecule has 0 unspecified atom stereocenters. The minimum atomic E-state index is 0.0315. The van der Waals surface area contributed by atoms with Crippen LogP contribution in [0.15, 0.2) is 72.4 Å². The average molecular weight is 470 g/mol. The van der Waals surface area contributed by atoms with Gasteiger partial charge >= 0.3 is 0 Å². The highest BCUT2D eigenvalue weighted by Crippen LogP contribution is 2.34. The number of amides is 1. The summed E-state index contributed by atoms with van der Waals surface area (Å²) in [6, 6.07) is 17.9. The van der Waals surface area contributed by atoms with E-state index in [1.54, 1.807) is 23.7 Å². The number of para-hydroxylation sites is 1. The van der Waals surface area contributed by atoms with Crippen LogP contribution in [0.25, 0.3) is 27.3 Å². The molecule has 0 spiro atoms. The fourth-order valence-corrected chi connectivity index (χ4v) is 5.22. The molecule has 0 saturated carbocycles. The van der Waals surface area contributed by atoms with Gasteiger partial charge < -0.3 is 14.4 Å². The van der Waals surface area contributed by atoms with E-state index in [4.69, 9.17) is 5.10 Å². The van der Waals surface area contributed by atoms with Crippen LogP contribution in [0.5, 0.6) is 0 Å². The molecule has 34 heavy (non-hydrogen) atoms. The number of anilines is 1. The van der Waals surface area contributed by atoms with Crippen molar-refractivity contribution in [1.82, 2.24) is 29.2 Å². The van der Waals surface area contributed by atoms with Crippen LogP contribution in [0.1, 0.15) is 10.5 Å². The van der Waals surface area contributed by atoms with Crippen LogP contribution >= 0.6 is 11.3 Å². The lowest BCUT2D eigenvalue weighted by molar-refractivity contribution is 0.0737. The summed E-state index contributed by atoms with van der Waals surface area (Å²) in [4.78, 5) is 27.4. The Morgan fingerprint density at radius 1 is 0.941 bits per heavy atom. The van der Waals surface area contributed by atoms with Crippen LogP contribution in [-0.2, 0) is 7.05 Å². The lowest BCUT2D eigenvalue weighted by Gasteiger charge is -2.34. The van der Waals surface area contributed by atoms with E-state index in [1.807, 2.05) is 75.1 Å². The highest BCUT2D eigenvalue weighted by atomic mass is 32.1. The first kappa shape index (κ1) is 20.6. The summed E-state index contributed by atoms with van der Waals surface area (Å²) in [5.41, 5.74) is 3.44. The maximum atomic E-state index is 13.6. The molecule has 9 heteroatoms. The third kappa shape index (κ3) is 3.45. The molecule has 4 aromatic heterocycles. The summed E-state index contributed by atoms with van der Waals surface area (Å²) in [5.74, 6) is 0.742. The molecule has 0 bridgehead atoms. The Labute approximate surface area is 200 Å². The lowest BCUT2D eigenvalue weighted by atomic mass is 10.2. The number of thiophene rings is 1. The van der Waals surface area contributed by atoms with Gasteiger partial charge in [-0.3, -0.25) is 4.79 Å². The van der Waals surface area contributed by atoms with Gasteiger partial charge in [-0.1, -0.05) is 24.3 Å². The quantitative estimate of drug-likeness (QED) is 0.400. The van der Waals surface area contributed by atoms with Gasteiger partial charge in [0.2, 0.25) is 5.95 Å². The molecule has 1 saturated heterocycles. The van der Waals surface area contributed by atoms with E-state index in [0.29, 0.717) is 37.8 Å². The second kappa shape index (κ2) is 8.42. The second-order valence-corrected chi connectivity index (χ2v) is 9.17. The Kier molecular flexibility index (Phi) is 5.10. The van der Waals surface area contributed by atoms with E-state index in [2.05, 4.69) is 20.9 Å². The van der Waals surface area contributed by atoms with Crippen molar-refractivity contribution in [3.63, 3.8) is 0 Å². The Morgan fingerprint density at radius 2 is 1.71 bits per heavy atom. The van der Waals surface area contributed by atoms with E-state index in [-0.39, 0.29) is 5.91 Å². The molecule has 8 nitrogen and oxygen atoms in total. The standard InChI is InChI=1S/C25H23N7OS/c1-29-20(24(33)30-12-14-31(15-13-30)25-26-10-6-11-27-25)17-19-22(21-9-5-16-34-21)28-32(23(19)29)18-7-3-2-4-8-18/h2-11,16-17H,12-15H2,1H3. The highest BCUT2D eigenvalue weighted by Gasteiger charge is 2.28. The fraction of sp³-hybridized carbons (Fsp3) is 0.200. The van der Waals surface area contributed by atoms with Gasteiger partial charge in [0.05, 0.1) is 10.6 Å². The molecule has 0 atom stereocenters. The molecule has 1 aromatic carbocycles. The van der Waals surface area contributed by atoms with Gasteiger partial charge in [-0.2, -0.15) is 5.10 Å². The number of rotatable bonds is 4. The topological polar surface area (TPSA) is 72.1 Å². The molecular formula is C25H23N7OS. The number of aryl methyl sites for hydroxylation is 1. The van der Waals surface area contributed by atoms with Gasteiger partial charge in [0, 0.05) is 51.0 Å². The van der Waals surface area contributed by atoms with E-state index in [0.717, 1.165) is 27.3 Å². The number of hydrogen-bond acceptors (Lipinski definition) is 6. The smallest absolute Gasteiger partial charge is 0.270 e. The molecule has 0 N–H and O–H groups in total. The van der Waals surface area contributed by atoms with Gasteiger partial charge in [-0.25, -0.2) is 14.6 Å². The zero-order valence-electron chi connectivity index (χ0n) is 18.7. The number of aromatic nitrogens is 5. The zero-order chi connectivity index (χ0) is 23.1. The number of benzene rings is 1. The Balaban J connectivity index is 1.35. The number of nitrogens with zero attached hydrogens (tertiary/aromatic N) is 7. The highest BCUT2D eigenvalue weighted by molar-refractivity contribution is 7.13. The second-order valence-electron chi connectivity index (χ2n) is 8.23. The summed E-state index contributed by atoms with van der Waals surface area (Å²) >= 11 is 1.65. The van der Waals surface area contributed by atoms with E-state index < -0.39 is 0 Å². The molecule has 0 radical (unpaired) electrons. The van der Waals surface area contributed by atoms with Crippen LogP contribution < -0.4 is 4.90 Å². The zero-order valence-corrected chi connectivity index (χ0v) is 19.5. The van der Waals surface area contributed by atoms with Crippen LogP contribution in [0.3, 0.4) is 0 Å². The van der Waals surface area contributed by atoms with Crippen molar-refractivity contribution in [1.29, 1.82) is 0 Å². The van der Waals surface area contributed by atoms with Crippen LogP contribution in [0.2, 0.25) is 0 Å². The number of carbonyl (C=O) groups excluding carboxylic acids is 1.